The highest BCUT2D eigenvalue weighted by molar-refractivity contribution is 6.31. The number of carbonyl (C=O) groups is 2. The number of methoxy groups -OCH3 is 1. The summed E-state index contributed by atoms with van der Waals surface area (Å²) in [7, 11) is 1.65. The van der Waals surface area contributed by atoms with Gasteiger partial charge in [0.15, 0.2) is 0 Å². The zero-order chi connectivity index (χ0) is 18.6. The summed E-state index contributed by atoms with van der Waals surface area (Å²) in [6.07, 6.45) is 3.82. The zero-order valence-corrected chi connectivity index (χ0v) is 16.1. The fourth-order valence-corrected chi connectivity index (χ4v) is 4.38. The first-order valence-electron chi connectivity index (χ1n) is 9.31. The molecule has 1 spiro atoms. The lowest BCUT2D eigenvalue weighted by atomic mass is 9.73. The second-order valence-corrected chi connectivity index (χ2v) is 7.90. The third-order valence-electron chi connectivity index (χ3n) is 5.63. The van der Waals surface area contributed by atoms with Crippen LogP contribution in [0.25, 0.3) is 0 Å². The number of likely N-dealkylation sites (tertiary alicyclic amines) is 2. The van der Waals surface area contributed by atoms with E-state index >= 15 is 0 Å². The first kappa shape index (κ1) is 19.2. The van der Waals surface area contributed by atoms with Crippen LogP contribution in [0, 0.1) is 5.41 Å². The van der Waals surface area contributed by atoms with Crippen molar-refractivity contribution < 1.29 is 14.3 Å². The van der Waals surface area contributed by atoms with Gasteiger partial charge >= 0.3 is 0 Å². The molecule has 0 aliphatic carbocycles. The van der Waals surface area contributed by atoms with Gasteiger partial charge in [-0.3, -0.25) is 9.59 Å². The first-order valence-corrected chi connectivity index (χ1v) is 9.69. The Morgan fingerprint density at radius 1 is 1.27 bits per heavy atom. The van der Waals surface area contributed by atoms with Crippen LogP contribution >= 0.6 is 11.6 Å². The molecule has 2 saturated heterocycles. The van der Waals surface area contributed by atoms with Gasteiger partial charge < -0.3 is 14.5 Å². The summed E-state index contributed by atoms with van der Waals surface area (Å²) >= 11 is 6.21. The van der Waals surface area contributed by atoms with Crippen LogP contribution in [0.4, 0.5) is 0 Å². The monoisotopic (exact) mass is 378 g/mol. The molecule has 6 heteroatoms. The Morgan fingerprint density at radius 3 is 2.85 bits per heavy atom. The van der Waals surface area contributed by atoms with Gasteiger partial charge in [0.2, 0.25) is 11.8 Å². The molecule has 142 valence electrons. The average molecular weight is 379 g/mol. The molecule has 0 aromatic heterocycles. The van der Waals surface area contributed by atoms with E-state index in [1.807, 2.05) is 34.1 Å². The van der Waals surface area contributed by atoms with E-state index in [-0.39, 0.29) is 17.2 Å². The summed E-state index contributed by atoms with van der Waals surface area (Å²) in [6, 6.07) is 7.51. The van der Waals surface area contributed by atoms with Gasteiger partial charge in [0, 0.05) is 50.1 Å². The van der Waals surface area contributed by atoms with Crippen LogP contribution < -0.4 is 0 Å². The van der Waals surface area contributed by atoms with E-state index in [2.05, 4.69) is 0 Å². The zero-order valence-electron chi connectivity index (χ0n) is 15.4. The van der Waals surface area contributed by atoms with E-state index in [4.69, 9.17) is 16.3 Å². The standard InChI is InChI=1S/C20H27ClN2O3/c1-26-12-11-23-15-20(9-7-18(23)24)8-4-10-22(14-20)19(25)13-16-5-2-3-6-17(16)21/h2-3,5-6H,4,7-15H2,1H3. The number of nitrogens with zero attached hydrogens (tertiary/aromatic N) is 2. The molecule has 2 aliphatic heterocycles. The molecule has 1 atom stereocenters. The Morgan fingerprint density at radius 2 is 2.08 bits per heavy atom. The minimum Gasteiger partial charge on any atom is -0.383 e. The lowest BCUT2D eigenvalue weighted by molar-refractivity contribution is -0.143. The molecule has 2 aliphatic rings. The molecule has 0 saturated carbocycles. The van der Waals surface area contributed by atoms with E-state index in [1.165, 1.54) is 0 Å². The number of piperidine rings is 2. The molecule has 1 unspecified atom stereocenters. The van der Waals surface area contributed by atoms with Crippen LogP contribution in [-0.4, -0.2) is 61.5 Å². The number of rotatable bonds is 5. The van der Waals surface area contributed by atoms with Gasteiger partial charge in [-0.1, -0.05) is 29.8 Å². The van der Waals surface area contributed by atoms with Crippen molar-refractivity contribution in [2.24, 2.45) is 5.41 Å². The lowest BCUT2D eigenvalue weighted by Crippen LogP contribution is -2.55. The highest BCUT2D eigenvalue weighted by Crippen LogP contribution is 2.39. The Balaban J connectivity index is 1.65. The van der Waals surface area contributed by atoms with Crippen molar-refractivity contribution >= 4 is 23.4 Å². The van der Waals surface area contributed by atoms with E-state index in [0.717, 1.165) is 44.5 Å². The van der Waals surface area contributed by atoms with Crippen molar-refractivity contribution in [3.63, 3.8) is 0 Å². The molecular formula is C20H27ClN2O3. The fraction of sp³-hybridized carbons (Fsp3) is 0.600. The van der Waals surface area contributed by atoms with Crippen LogP contribution in [-0.2, 0) is 20.7 Å². The van der Waals surface area contributed by atoms with Crippen LogP contribution in [0.5, 0.6) is 0 Å². The van der Waals surface area contributed by atoms with Crippen molar-refractivity contribution in [1.29, 1.82) is 0 Å². The molecule has 2 amide bonds. The molecule has 0 radical (unpaired) electrons. The van der Waals surface area contributed by atoms with Gasteiger partial charge in [0.25, 0.3) is 0 Å². The quantitative estimate of drug-likeness (QED) is 0.791. The number of hydrogen-bond acceptors (Lipinski definition) is 3. The van der Waals surface area contributed by atoms with E-state index in [0.29, 0.717) is 31.0 Å². The number of amides is 2. The number of carbonyl (C=O) groups excluding carboxylic acids is 2. The lowest BCUT2D eigenvalue weighted by Gasteiger charge is -2.48. The molecular weight excluding hydrogens is 352 g/mol. The molecule has 26 heavy (non-hydrogen) atoms. The highest BCUT2D eigenvalue weighted by atomic mass is 35.5. The van der Waals surface area contributed by atoms with E-state index < -0.39 is 0 Å². The van der Waals surface area contributed by atoms with E-state index in [9.17, 15) is 9.59 Å². The maximum absolute atomic E-state index is 12.8. The topological polar surface area (TPSA) is 49.9 Å². The first-order chi connectivity index (χ1) is 12.5. The maximum atomic E-state index is 12.8. The van der Waals surface area contributed by atoms with Gasteiger partial charge in [-0.05, 0) is 30.9 Å². The van der Waals surface area contributed by atoms with E-state index in [1.54, 1.807) is 7.11 Å². The maximum Gasteiger partial charge on any atom is 0.227 e. The number of ether oxygens (including phenoxy) is 1. The Kier molecular flexibility index (Phi) is 6.20. The van der Waals surface area contributed by atoms with Crippen LogP contribution in [0.3, 0.4) is 0 Å². The second-order valence-electron chi connectivity index (χ2n) is 7.50. The van der Waals surface area contributed by atoms with Crippen molar-refractivity contribution in [2.45, 2.75) is 32.1 Å². The summed E-state index contributed by atoms with van der Waals surface area (Å²) in [5.41, 5.74) is 0.898. The molecule has 3 rings (SSSR count). The summed E-state index contributed by atoms with van der Waals surface area (Å²) in [6.45, 7) is 3.43. The molecule has 5 nitrogen and oxygen atoms in total. The summed E-state index contributed by atoms with van der Waals surface area (Å²) in [4.78, 5) is 28.9. The Hall–Kier alpha value is -1.59. The van der Waals surface area contributed by atoms with Crippen molar-refractivity contribution in [3.05, 3.63) is 34.9 Å². The molecule has 0 N–H and O–H groups in total. The third kappa shape index (κ3) is 4.38. The minimum absolute atomic E-state index is 0.0239. The largest absolute Gasteiger partial charge is 0.383 e. The average Bonchev–Trinajstić information content (AvgIpc) is 2.65. The van der Waals surface area contributed by atoms with Gasteiger partial charge in [0.1, 0.15) is 0 Å². The summed E-state index contributed by atoms with van der Waals surface area (Å²) in [5.74, 6) is 0.324. The molecule has 1 aromatic carbocycles. The summed E-state index contributed by atoms with van der Waals surface area (Å²) < 4.78 is 5.13. The number of benzene rings is 1. The van der Waals surface area contributed by atoms with Gasteiger partial charge in [-0.2, -0.15) is 0 Å². The minimum atomic E-state index is 0.0239. The molecule has 2 fully saturated rings. The molecule has 0 bridgehead atoms. The highest BCUT2D eigenvalue weighted by Gasteiger charge is 2.42. The number of halogens is 1. The van der Waals surface area contributed by atoms with Crippen LogP contribution in [0.2, 0.25) is 5.02 Å². The Labute approximate surface area is 160 Å². The SMILES string of the molecule is COCCN1CC2(CCCN(C(=O)Cc3ccccc3Cl)C2)CCC1=O. The third-order valence-corrected chi connectivity index (χ3v) is 6.00. The predicted octanol–water partition coefficient (Wildman–Crippen LogP) is 2.76. The molecule has 1 aromatic rings. The van der Waals surface area contributed by atoms with Gasteiger partial charge in [0.05, 0.1) is 13.0 Å². The Bertz CT molecular complexity index is 666. The number of hydrogen-bond donors (Lipinski definition) is 0. The molecule has 2 heterocycles. The normalized spacial score (nSPS) is 23.5. The van der Waals surface area contributed by atoms with Crippen molar-refractivity contribution in [2.75, 3.05) is 39.9 Å². The van der Waals surface area contributed by atoms with Crippen molar-refractivity contribution in [1.82, 2.24) is 9.80 Å². The fourth-order valence-electron chi connectivity index (χ4n) is 4.18. The summed E-state index contributed by atoms with van der Waals surface area (Å²) in [5, 5.41) is 0.640. The predicted molar refractivity (Wildman–Crippen MR) is 101 cm³/mol. The van der Waals surface area contributed by atoms with Crippen LogP contribution in [0.1, 0.15) is 31.2 Å². The van der Waals surface area contributed by atoms with Crippen molar-refractivity contribution in [3.8, 4) is 0 Å². The van der Waals surface area contributed by atoms with Gasteiger partial charge in [-0.25, -0.2) is 0 Å². The second kappa shape index (κ2) is 8.40. The van der Waals surface area contributed by atoms with Crippen LogP contribution in [0.15, 0.2) is 24.3 Å². The smallest absolute Gasteiger partial charge is 0.227 e. The van der Waals surface area contributed by atoms with Gasteiger partial charge in [-0.15, -0.1) is 0 Å².